The van der Waals surface area contributed by atoms with Crippen LogP contribution in [0.3, 0.4) is 0 Å². The van der Waals surface area contributed by atoms with Gasteiger partial charge in [-0.3, -0.25) is 9.78 Å². The smallest absolute Gasteiger partial charge is 0.257 e. The van der Waals surface area contributed by atoms with E-state index in [0.717, 1.165) is 12.1 Å². The minimum atomic E-state index is -0.214. The van der Waals surface area contributed by atoms with Crippen LogP contribution in [-0.4, -0.2) is 24.0 Å². The van der Waals surface area contributed by atoms with E-state index in [0.29, 0.717) is 23.0 Å². The molecular formula is C22H21N3O2. The lowest BCUT2D eigenvalue weighted by Crippen LogP contribution is -2.24. The highest BCUT2D eigenvalue weighted by Gasteiger charge is 2.27. The first-order valence-electron chi connectivity index (χ1n) is 8.94. The molecule has 0 bridgehead atoms. The van der Waals surface area contributed by atoms with Crippen LogP contribution in [0.5, 0.6) is 5.75 Å². The van der Waals surface area contributed by atoms with E-state index in [1.54, 1.807) is 19.5 Å². The summed E-state index contributed by atoms with van der Waals surface area (Å²) in [6.07, 6.45) is 4.37. The van der Waals surface area contributed by atoms with Crippen LogP contribution < -0.4 is 15.0 Å². The molecule has 0 aliphatic carbocycles. The maximum atomic E-state index is 12.8. The largest absolute Gasteiger partial charge is 0.495 e. The molecule has 5 nitrogen and oxygen atoms in total. The quantitative estimate of drug-likeness (QED) is 0.749. The van der Waals surface area contributed by atoms with E-state index >= 15 is 0 Å². The average molecular weight is 359 g/mol. The van der Waals surface area contributed by atoms with Gasteiger partial charge in [0.25, 0.3) is 5.91 Å². The lowest BCUT2D eigenvalue weighted by Gasteiger charge is -2.25. The number of nitrogens with one attached hydrogen (secondary N) is 1. The van der Waals surface area contributed by atoms with Gasteiger partial charge < -0.3 is 15.0 Å². The van der Waals surface area contributed by atoms with Crippen molar-refractivity contribution >= 4 is 23.0 Å². The number of fused-ring (bicyclic) bond motifs is 1. The highest BCUT2D eigenvalue weighted by atomic mass is 16.5. The molecule has 0 fully saturated rings. The first kappa shape index (κ1) is 17.1. The van der Waals surface area contributed by atoms with E-state index < -0.39 is 0 Å². The van der Waals surface area contributed by atoms with Gasteiger partial charge in [0.15, 0.2) is 0 Å². The fourth-order valence-electron chi connectivity index (χ4n) is 3.59. The van der Waals surface area contributed by atoms with Crippen molar-refractivity contribution in [1.29, 1.82) is 0 Å². The summed E-state index contributed by atoms with van der Waals surface area (Å²) in [5.41, 5.74) is 4.55. The molecule has 3 aromatic rings. The molecule has 2 aromatic carbocycles. The Morgan fingerprint density at radius 1 is 1.15 bits per heavy atom. The minimum Gasteiger partial charge on any atom is -0.495 e. The van der Waals surface area contributed by atoms with Crippen LogP contribution in [0, 0.1) is 0 Å². The van der Waals surface area contributed by atoms with Gasteiger partial charge in [-0.05, 0) is 43.2 Å². The Labute approximate surface area is 158 Å². The summed E-state index contributed by atoms with van der Waals surface area (Å²) in [4.78, 5) is 19.3. The second-order valence-electron chi connectivity index (χ2n) is 6.64. The molecule has 136 valence electrons. The molecule has 27 heavy (non-hydrogen) atoms. The summed E-state index contributed by atoms with van der Waals surface area (Å²) in [6.45, 7) is 2.18. The molecule has 0 radical (unpaired) electrons. The van der Waals surface area contributed by atoms with E-state index in [9.17, 15) is 4.79 Å². The fourth-order valence-corrected chi connectivity index (χ4v) is 3.59. The maximum Gasteiger partial charge on any atom is 0.257 e. The van der Waals surface area contributed by atoms with Gasteiger partial charge in [-0.1, -0.05) is 30.3 Å². The van der Waals surface area contributed by atoms with Crippen molar-refractivity contribution in [2.24, 2.45) is 0 Å². The second-order valence-corrected chi connectivity index (χ2v) is 6.64. The number of hydrogen-bond acceptors (Lipinski definition) is 4. The lowest BCUT2D eigenvalue weighted by atomic mass is 10.1. The number of ether oxygens (including phenoxy) is 1. The van der Waals surface area contributed by atoms with E-state index in [1.165, 1.54) is 11.3 Å². The highest BCUT2D eigenvalue weighted by molar-refractivity contribution is 6.05. The van der Waals surface area contributed by atoms with Crippen LogP contribution in [0.2, 0.25) is 0 Å². The van der Waals surface area contributed by atoms with Gasteiger partial charge in [0.05, 0.1) is 30.2 Å². The number of para-hydroxylation sites is 3. The molecular weight excluding hydrogens is 338 g/mol. The number of methoxy groups -OCH3 is 1. The number of hydrogen-bond donors (Lipinski definition) is 1. The molecule has 1 unspecified atom stereocenters. The topological polar surface area (TPSA) is 54.5 Å². The Morgan fingerprint density at radius 3 is 2.78 bits per heavy atom. The van der Waals surface area contributed by atoms with Crippen molar-refractivity contribution in [3.05, 3.63) is 78.1 Å². The second kappa shape index (κ2) is 7.11. The van der Waals surface area contributed by atoms with Crippen LogP contribution in [0.25, 0.3) is 0 Å². The number of anilines is 3. The molecule has 1 amide bonds. The van der Waals surface area contributed by atoms with Gasteiger partial charge in [0, 0.05) is 17.9 Å². The Hall–Kier alpha value is -3.34. The summed E-state index contributed by atoms with van der Waals surface area (Å²) < 4.78 is 5.30. The number of carbonyl (C=O) groups is 1. The van der Waals surface area contributed by atoms with Crippen LogP contribution in [-0.2, 0) is 6.42 Å². The summed E-state index contributed by atoms with van der Waals surface area (Å²) >= 11 is 0. The van der Waals surface area contributed by atoms with E-state index in [2.05, 4.69) is 40.3 Å². The molecule has 1 aromatic heterocycles. The van der Waals surface area contributed by atoms with Crippen LogP contribution >= 0.6 is 0 Å². The fraction of sp³-hybridized carbons (Fsp3) is 0.182. The van der Waals surface area contributed by atoms with Crippen LogP contribution in [0.15, 0.2) is 67.0 Å². The number of carbonyl (C=O) groups excluding carboxylic acids is 1. The predicted octanol–water partition coefficient (Wildman–Crippen LogP) is 4.43. The van der Waals surface area contributed by atoms with Crippen molar-refractivity contribution in [3.63, 3.8) is 0 Å². The van der Waals surface area contributed by atoms with Gasteiger partial charge in [0.1, 0.15) is 5.75 Å². The number of aromatic nitrogens is 1. The van der Waals surface area contributed by atoms with Gasteiger partial charge in [-0.15, -0.1) is 0 Å². The van der Waals surface area contributed by atoms with Crippen molar-refractivity contribution in [2.75, 3.05) is 17.3 Å². The Balaban J connectivity index is 1.62. The molecule has 0 saturated carbocycles. The Kier molecular flexibility index (Phi) is 4.50. The minimum absolute atomic E-state index is 0.214. The van der Waals surface area contributed by atoms with Crippen LogP contribution in [0.1, 0.15) is 22.8 Å². The summed E-state index contributed by atoms with van der Waals surface area (Å²) in [5, 5.41) is 2.90. The third-order valence-electron chi connectivity index (χ3n) is 4.83. The van der Waals surface area contributed by atoms with Crippen molar-refractivity contribution in [2.45, 2.75) is 19.4 Å². The van der Waals surface area contributed by atoms with Gasteiger partial charge in [-0.2, -0.15) is 0 Å². The molecule has 1 N–H and O–H groups in total. The number of nitrogens with zero attached hydrogens (tertiary/aromatic N) is 2. The first-order chi connectivity index (χ1) is 13.2. The number of pyridine rings is 1. The first-order valence-corrected chi connectivity index (χ1v) is 8.94. The normalized spacial score (nSPS) is 15.3. The molecule has 2 heterocycles. The molecule has 4 rings (SSSR count). The van der Waals surface area contributed by atoms with E-state index in [4.69, 9.17) is 4.74 Å². The van der Waals surface area contributed by atoms with Gasteiger partial charge >= 0.3 is 0 Å². The zero-order valence-electron chi connectivity index (χ0n) is 15.3. The van der Waals surface area contributed by atoms with Gasteiger partial charge in [0.2, 0.25) is 0 Å². The van der Waals surface area contributed by atoms with E-state index in [-0.39, 0.29) is 5.91 Å². The third kappa shape index (κ3) is 3.24. The monoisotopic (exact) mass is 359 g/mol. The van der Waals surface area contributed by atoms with Crippen molar-refractivity contribution in [3.8, 4) is 5.75 Å². The highest BCUT2D eigenvalue weighted by Crippen LogP contribution is 2.38. The zero-order valence-corrected chi connectivity index (χ0v) is 15.3. The molecule has 1 aliphatic rings. The average Bonchev–Trinajstić information content (AvgIpc) is 3.04. The molecule has 1 aliphatic heterocycles. The Morgan fingerprint density at radius 2 is 1.93 bits per heavy atom. The Bertz CT molecular complexity index is 987. The summed E-state index contributed by atoms with van der Waals surface area (Å²) in [7, 11) is 1.58. The third-order valence-corrected chi connectivity index (χ3v) is 4.83. The summed E-state index contributed by atoms with van der Waals surface area (Å²) in [6, 6.07) is 17.9. The molecule has 0 saturated heterocycles. The lowest BCUT2D eigenvalue weighted by molar-refractivity contribution is 0.102. The van der Waals surface area contributed by atoms with Crippen molar-refractivity contribution in [1.82, 2.24) is 4.98 Å². The molecule has 0 spiro atoms. The number of amides is 1. The van der Waals surface area contributed by atoms with E-state index in [1.807, 2.05) is 36.4 Å². The maximum absolute atomic E-state index is 12.8. The zero-order chi connectivity index (χ0) is 18.8. The summed E-state index contributed by atoms with van der Waals surface area (Å²) in [5.74, 6) is 0.408. The molecule has 1 atom stereocenters. The number of rotatable bonds is 4. The predicted molar refractivity (Wildman–Crippen MR) is 107 cm³/mol. The standard InChI is InChI=1S/C22H21N3O2/c1-15-11-16-7-3-5-9-20(16)25(15)18-12-17(13-23-14-18)22(26)24-19-8-4-6-10-21(19)27-2/h3-10,12-15H,11H2,1-2H3,(H,24,26). The SMILES string of the molecule is COc1ccccc1NC(=O)c1cncc(N2c3ccccc3CC2C)c1. The van der Waals surface area contributed by atoms with Gasteiger partial charge in [-0.25, -0.2) is 0 Å². The van der Waals surface area contributed by atoms with Crippen LogP contribution in [0.4, 0.5) is 17.1 Å². The molecule has 5 heteroatoms. The van der Waals surface area contributed by atoms with Crippen molar-refractivity contribution < 1.29 is 9.53 Å². The number of benzene rings is 2.